The van der Waals surface area contributed by atoms with Crippen molar-refractivity contribution >= 4 is 23.2 Å². The fraction of sp³-hybridized carbons (Fsp3) is 0.111. The number of aromatic nitrogens is 1. The average Bonchev–Trinajstić information content (AvgIpc) is 2.77. The first-order valence-electron chi connectivity index (χ1n) is 10.3. The average molecular weight is 443 g/mol. The fourth-order valence-corrected chi connectivity index (χ4v) is 4.18. The van der Waals surface area contributed by atoms with Crippen LogP contribution < -0.4 is 10.7 Å². The van der Waals surface area contributed by atoms with E-state index in [1.807, 2.05) is 92.1 Å². The van der Waals surface area contributed by atoms with Gasteiger partial charge in [-0.15, -0.1) is 0 Å². The van der Waals surface area contributed by atoms with Crippen LogP contribution in [-0.4, -0.2) is 10.5 Å². The second-order valence-electron chi connectivity index (χ2n) is 7.75. The number of nitrogens with one attached hydrogen (secondary N) is 1. The molecule has 1 amide bonds. The van der Waals surface area contributed by atoms with Crippen LogP contribution in [0.3, 0.4) is 0 Å². The molecule has 32 heavy (non-hydrogen) atoms. The van der Waals surface area contributed by atoms with Gasteiger partial charge in [0.15, 0.2) is 5.43 Å². The predicted octanol–water partition coefficient (Wildman–Crippen LogP) is 6.34. The third-order valence-electron chi connectivity index (χ3n) is 5.49. The Morgan fingerprint density at radius 3 is 2.12 bits per heavy atom. The standard InChI is InChI=1S/C27H23ClN2O2/c1-17-10-9-11-18(2)25(17)29-27(32)24-23(31)16-19(3)30(20-12-5-4-6-13-20)26(24)21-14-7-8-15-22(21)28/h4-16H,1-3H3,(H,29,32). The lowest BCUT2D eigenvalue weighted by Gasteiger charge is -2.21. The number of hydrogen-bond acceptors (Lipinski definition) is 2. The molecule has 5 heteroatoms. The number of para-hydroxylation sites is 2. The van der Waals surface area contributed by atoms with Gasteiger partial charge in [-0.1, -0.05) is 66.2 Å². The maximum Gasteiger partial charge on any atom is 0.261 e. The molecule has 0 fully saturated rings. The third kappa shape index (κ3) is 3.97. The van der Waals surface area contributed by atoms with Crippen molar-refractivity contribution in [2.75, 3.05) is 5.32 Å². The Bertz CT molecular complexity index is 1350. The van der Waals surface area contributed by atoms with Gasteiger partial charge < -0.3 is 9.88 Å². The Morgan fingerprint density at radius 1 is 0.844 bits per heavy atom. The number of halogens is 1. The molecule has 0 atom stereocenters. The fourth-order valence-electron chi connectivity index (χ4n) is 3.96. The summed E-state index contributed by atoms with van der Waals surface area (Å²) in [5, 5.41) is 3.43. The van der Waals surface area contributed by atoms with Crippen molar-refractivity contribution in [2.24, 2.45) is 0 Å². The van der Waals surface area contributed by atoms with Crippen molar-refractivity contribution in [2.45, 2.75) is 20.8 Å². The molecule has 160 valence electrons. The maximum absolute atomic E-state index is 13.6. The van der Waals surface area contributed by atoms with Crippen molar-refractivity contribution in [3.63, 3.8) is 0 Å². The smallest absolute Gasteiger partial charge is 0.261 e. The highest BCUT2D eigenvalue weighted by atomic mass is 35.5. The number of amides is 1. The zero-order chi connectivity index (χ0) is 22.8. The molecular weight excluding hydrogens is 420 g/mol. The van der Waals surface area contributed by atoms with Crippen LogP contribution in [0.1, 0.15) is 27.2 Å². The first-order valence-corrected chi connectivity index (χ1v) is 10.7. The summed E-state index contributed by atoms with van der Waals surface area (Å²) in [7, 11) is 0. The highest BCUT2D eigenvalue weighted by Gasteiger charge is 2.24. The lowest BCUT2D eigenvalue weighted by molar-refractivity contribution is 0.102. The lowest BCUT2D eigenvalue weighted by atomic mass is 10.0. The molecule has 3 aromatic carbocycles. The van der Waals surface area contributed by atoms with Crippen LogP contribution >= 0.6 is 11.6 Å². The molecule has 0 aliphatic rings. The van der Waals surface area contributed by atoms with E-state index >= 15 is 0 Å². The quantitative estimate of drug-likeness (QED) is 0.401. The second-order valence-corrected chi connectivity index (χ2v) is 8.15. The van der Waals surface area contributed by atoms with Crippen molar-refractivity contribution in [1.82, 2.24) is 4.57 Å². The zero-order valence-corrected chi connectivity index (χ0v) is 18.9. The number of aryl methyl sites for hydroxylation is 3. The van der Waals surface area contributed by atoms with E-state index in [1.165, 1.54) is 6.07 Å². The Hall–Kier alpha value is -3.63. The summed E-state index contributed by atoms with van der Waals surface area (Å²) < 4.78 is 1.90. The molecule has 0 bridgehead atoms. The number of anilines is 1. The zero-order valence-electron chi connectivity index (χ0n) is 18.1. The molecule has 0 aliphatic carbocycles. The number of hydrogen-bond donors (Lipinski definition) is 1. The van der Waals surface area contributed by atoms with Crippen LogP contribution in [0, 0.1) is 20.8 Å². The number of pyridine rings is 1. The Kier molecular flexibility index (Phi) is 5.97. The maximum atomic E-state index is 13.6. The van der Waals surface area contributed by atoms with E-state index < -0.39 is 5.91 Å². The third-order valence-corrected chi connectivity index (χ3v) is 5.82. The number of carbonyl (C=O) groups excluding carboxylic acids is 1. The monoisotopic (exact) mass is 442 g/mol. The van der Waals surface area contributed by atoms with Crippen LogP contribution in [0.2, 0.25) is 5.02 Å². The number of benzene rings is 3. The molecule has 0 spiro atoms. The van der Waals surface area contributed by atoms with Crippen molar-refractivity contribution in [1.29, 1.82) is 0 Å². The first kappa shape index (κ1) is 21.6. The summed E-state index contributed by atoms with van der Waals surface area (Å²) in [6.07, 6.45) is 0. The van der Waals surface area contributed by atoms with E-state index in [9.17, 15) is 9.59 Å². The van der Waals surface area contributed by atoms with E-state index in [0.29, 0.717) is 27.7 Å². The summed E-state index contributed by atoms with van der Waals surface area (Å²) in [4.78, 5) is 26.8. The van der Waals surface area contributed by atoms with E-state index in [0.717, 1.165) is 16.8 Å². The Balaban J connectivity index is 2.02. The van der Waals surface area contributed by atoms with E-state index in [1.54, 1.807) is 6.07 Å². The molecule has 0 unspecified atom stereocenters. The van der Waals surface area contributed by atoms with Crippen molar-refractivity contribution < 1.29 is 4.79 Å². The largest absolute Gasteiger partial charge is 0.321 e. The molecule has 0 saturated heterocycles. The molecule has 1 N–H and O–H groups in total. The first-order chi connectivity index (χ1) is 15.4. The topological polar surface area (TPSA) is 51.1 Å². The van der Waals surface area contributed by atoms with Crippen molar-refractivity contribution in [3.8, 4) is 16.9 Å². The van der Waals surface area contributed by atoms with Gasteiger partial charge in [0.25, 0.3) is 5.91 Å². The summed E-state index contributed by atoms with van der Waals surface area (Å²) in [5.74, 6) is -0.466. The van der Waals surface area contributed by atoms with E-state index in [2.05, 4.69) is 5.32 Å². The summed E-state index contributed by atoms with van der Waals surface area (Å²) in [6, 6.07) is 24.2. The van der Waals surface area contributed by atoms with E-state index in [4.69, 9.17) is 11.6 Å². The molecule has 1 heterocycles. The molecule has 0 aliphatic heterocycles. The van der Waals surface area contributed by atoms with Gasteiger partial charge in [-0.3, -0.25) is 9.59 Å². The van der Waals surface area contributed by atoms with Gasteiger partial charge in [-0.05, 0) is 50.1 Å². The minimum Gasteiger partial charge on any atom is -0.321 e. The van der Waals surface area contributed by atoms with Crippen LogP contribution in [0.15, 0.2) is 83.7 Å². The minimum atomic E-state index is -0.466. The minimum absolute atomic E-state index is 0.0511. The van der Waals surface area contributed by atoms with Crippen LogP contribution in [0.4, 0.5) is 5.69 Å². The summed E-state index contributed by atoms with van der Waals surface area (Å²) in [6.45, 7) is 5.70. The summed E-state index contributed by atoms with van der Waals surface area (Å²) in [5.41, 5.74) is 4.88. The number of carbonyl (C=O) groups is 1. The summed E-state index contributed by atoms with van der Waals surface area (Å²) >= 11 is 6.56. The molecule has 4 aromatic rings. The van der Waals surface area contributed by atoms with Crippen LogP contribution in [0.5, 0.6) is 0 Å². The number of nitrogens with zero attached hydrogens (tertiary/aromatic N) is 1. The second kappa shape index (κ2) is 8.85. The SMILES string of the molecule is Cc1cccc(C)c1NC(=O)c1c(-c2ccccc2Cl)n(-c2ccccc2)c(C)cc1=O. The molecule has 1 aromatic heterocycles. The lowest BCUT2D eigenvalue weighted by Crippen LogP contribution is -2.26. The molecular formula is C27H23ClN2O2. The van der Waals surface area contributed by atoms with Gasteiger partial charge in [0.05, 0.1) is 5.69 Å². The van der Waals surface area contributed by atoms with Gasteiger partial charge in [0.2, 0.25) is 0 Å². The Labute approximate surface area is 192 Å². The highest BCUT2D eigenvalue weighted by molar-refractivity contribution is 6.33. The van der Waals surface area contributed by atoms with Crippen LogP contribution in [0.25, 0.3) is 16.9 Å². The molecule has 4 nitrogen and oxygen atoms in total. The molecule has 0 saturated carbocycles. The van der Waals surface area contributed by atoms with Gasteiger partial charge in [0, 0.05) is 33.7 Å². The van der Waals surface area contributed by atoms with Crippen LogP contribution in [-0.2, 0) is 0 Å². The van der Waals surface area contributed by atoms with Gasteiger partial charge in [-0.25, -0.2) is 0 Å². The highest BCUT2D eigenvalue weighted by Crippen LogP contribution is 2.33. The molecule has 4 rings (SSSR count). The number of rotatable bonds is 4. The van der Waals surface area contributed by atoms with Gasteiger partial charge >= 0.3 is 0 Å². The van der Waals surface area contributed by atoms with Crippen molar-refractivity contribution in [3.05, 3.63) is 116 Å². The van der Waals surface area contributed by atoms with Gasteiger partial charge in [-0.2, -0.15) is 0 Å². The molecule has 0 radical (unpaired) electrons. The van der Waals surface area contributed by atoms with E-state index in [-0.39, 0.29) is 11.0 Å². The normalized spacial score (nSPS) is 10.8. The predicted molar refractivity (Wildman–Crippen MR) is 131 cm³/mol. The Morgan fingerprint density at radius 2 is 1.47 bits per heavy atom. The van der Waals surface area contributed by atoms with Gasteiger partial charge in [0.1, 0.15) is 5.56 Å².